The number of nitrogens with one attached hydrogen (secondary N) is 3. The monoisotopic (exact) mass is 442 g/mol. The molecule has 3 rings (SSSR count). The summed E-state index contributed by atoms with van der Waals surface area (Å²) < 4.78 is 51.2. The lowest BCUT2D eigenvalue weighted by molar-refractivity contribution is 0.102. The molecule has 1 aromatic carbocycles. The van der Waals surface area contributed by atoms with Gasteiger partial charge in [-0.2, -0.15) is 0 Å². The summed E-state index contributed by atoms with van der Waals surface area (Å²) in [6.45, 7) is 2.78. The molecule has 2 aromatic rings. The quantitative estimate of drug-likeness (QED) is 0.676. The molecule has 11 heteroatoms. The zero-order valence-corrected chi connectivity index (χ0v) is 17.0. The number of aromatic nitrogens is 1. The predicted molar refractivity (Wildman–Crippen MR) is 105 cm³/mol. The highest BCUT2D eigenvalue weighted by molar-refractivity contribution is 7.93. The van der Waals surface area contributed by atoms with E-state index in [-0.39, 0.29) is 27.8 Å². The summed E-state index contributed by atoms with van der Waals surface area (Å²) in [7, 11) is -3.75. The van der Waals surface area contributed by atoms with Crippen molar-refractivity contribution in [1.29, 1.82) is 5.41 Å². The van der Waals surface area contributed by atoms with Crippen LogP contribution in [0.1, 0.15) is 35.9 Å². The maximum atomic E-state index is 14.6. The van der Waals surface area contributed by atoms with E-state index in [1.807, 2.05) is 0 Å². The average Bonchev–Trinajstić information content (AvgIpc) is 2.63. The molecule has 0 spiro atoms. The molecule has 1 aromatic heterocycles. The Hall–Kier alpha value is -2.59. The zero-order chi connectivity index (χ0) is 21.6. The Bertz CT molecular complexity index is 1100. The number of amides is 1. The Morgan fingerprint density at radius 2 is 2.03 bits per heavy atom. The van der Waals surface area contributed by atoms with Gasteiger partial charge in [-0.05, 0) is 38.1 Å². The van der Waals surface area contributed by atoms with Crippen molar-refractivity contribution < 1.29 is 22.0 Å². The molecule has 7 nitrogen and oxygen atoms in total. The van der Waals surface area contributed by atoms with Gasteiger partial charge in [-0.15, -0.1) is 0 Å². The number of carbonyl (C=O) groups is 1. The Labute approximate surface area is 170 Å². The summed E-state index contributed by atoms with van der Waals surface area (Å²) in [5.41, 5.74) is -0.0860. The van der Waals surface area contributed by atoms with Crippen molar-refractivity contribution in [1.82, 2.24) is 10.3 Å². The number of anilines is 1. The van der Waals surface area contributed by atoms with Gasteiger partial charge in [0.15, 0.2) is 9.84 Å². The van der Waals surface area contributed by atoms with E-state index >= 15 is 0 Å². The Balaban J connectivity index is 1.93. The molecule has 0 bridgehead atoms. The van der Waals surface area contributed by atoms with E-state index in [4.69, 9.17) is 17.0 Å². The number of carbonyl (C=O) groups excluding carboxylic acids is 1. The van der Waals surface area contributed by atoms with Gasteiger partial charge in [0, 0.05) is 11.3 Å². The molecule has 0 aliphatic carbocycles. The van der Waals surface area contributed by atoms with Crippen molar-refractivity contribution in [3.05, 3.63) is 58.4 Å². The lowest BCUT2D eigenvalue weighted by Gasteiger charge is -2.36. The third kappa shape index (κ3) is 3.95. The molecule has 29 heavy (non-hydrogen) atoms. The Kier molecular flexibility index (Phi) is 5.35. The largest absolute Gasteiger partial charge is 0.365 e. The first-order valence-corrected chi connectivity index (χ1v) is 10.4. The first kappa shape index (κ1) is 21.1. The third-order valence-electron chi connectivity index (χ3n) is 4.73. The number of amidine groups is 1. The minimum absolute atomic E-state index is 0.0738. The predicted octanol–water partition coefficient (Wildman–Crippen LogP) is 3.08. The second-order valence-corrected chi connectivity index (χ2v) is 10.0. The average molecular weight is 443 g/mol. The van der Waals surface area contributed by atoms with Crippen molar-refractivity contribution in [3.8, 4) is 0 Å². The molecule has 0 radical (unpaired) electrons. The third-order valence-corrected chi connectivity index (χ3v) is 7.54. The maximum absolute atomic E-state index is 14.6. The van der Waals surface area contributed by atoms with Crippen molar-refractivity contribution >= 4 is 38.9 Å². The first-order chi connectivity index (χ1) is 13.4. The highest BCUT2D eigenvalue weighted by atomic mass is 35.5. The summed E-state index contributed by atoms with van der Waals surface area (Å²) in [6.07, 6.45) is 0.877. The van der Waals surface area contributed by atoms with E-state index in [1.165, 1.54) is 26.0 Å². The number of pyridine rings is 1. The van der Waals surface area contributed by atoms with Crippen LogP contribution in [0.3, 0.4) is 0 Å². The van der Waals surface area contributed by atoms with Crippen LogP contribution in [-0.4, -0.2) is 35.6 Å². The molecule has 1 aliphatic rings. The van der Waals surface area contributed by atoms with Crippen LogP contribution in [0.25, 0.3) is 0 Å². The summed E-state index contributed by atoms with van der Waals surface area (Å²) in [6, 6.07) is 3.58. The lowest BCUT2D eigenvalue weighted by atomic mass is 10.0. The fourth-order valence-corrected chi connectivity index (χ4v) is 4.50. The van der Waals surface area contributed by atoms with Gasteiger partial charge in [0.1, 0.15) is 27.9 Å². The van der Waals surface area contributed by atoms with Gasteiger partial charge in [-0.3, -0.25) is 10.2 Å². The standard InChI is InChI=1S/C18H17ClF2N4O3S/c1-18(2)17(22)25-14(8-29(18,27)28)11-5-10(6-12(19)15(11)21)24-16(26)13-4-3-9(20)7-23-13/h3-7,14H,8H2,1-2H3,(H2,22,25)(H,24,26)/t14-/m0/s1. The summed E-state index contributed by atoms with van der Waals surface area (Å²) >= 11 is 5.93. The van der Waals surface area contributed by atoms with Gasteiger partial charge in [0.2, 0.25) is 0 Å². The molecule has 3 N–H and O–H groups in total. The fourth-order valence-electron chi connectivity index (χ4n) is 2.78. The van der Waals surface area contributed by atoms with Crippen LogP contribution >= 0.6 is 11.6 Å². The molecule has 2 heterocycles. The van der Waals surface area contributed by atoms with Gasteiger partial charge in [-0.25, -0.2) is 22.2 Å². The minimum atomic E-state index is -3.75. The van der Waals surface area contributed by atoms with Crippen molar-refractivity contribution in [2.45, 2.75) is 24.6 Å². The SMILES string of the molecule is CC1(C)C(=N)N[C@H](c2cc(NC(=O)c3ccc(F)cn3)cc(Cl)c2F)CS1(=O)=O. The molecular formula is C18H17ClF2N4O3S. The Morgan fingerprint density at radius 3 is 2.62 bits per heavy atom. The molecule has 1 amide bonds. The van der Waals surface area contributed by atoms with E-state index in [0.29, 0.717) is 0 Å². The fraction of sp³-hybridized carbons (Fsp3) is 0.278. The normalized spacial score (nSPS) is 20.0. The highest BCUT2D eigenvalue weighted by Crippen LogP contribution is 2.34. The first-order valence-electron chi connectivity index (χ1n) is 8.42. The number of rotatable bonds is 3. The van der Waals surface area contributed by atoms with Gasteiger partial charge >= 0.3 is 0 Å². The van der Waals surface area contributed by atoms with Crippen LogP contribution in [0.2, 0.25) is 5.02 Å². The summed E-state index contributed by atoms with van der Waals surface area (Å²) in [5, 5.41) is 12.8. The number of hydrogen-bond acceptors (Lipinski definition) is 5. The zero-order valence-electron chi connectivity index (χ0n) is 15.4. The van der Waals surface area contributed by atoms with E-state index in [0.717, 1.165) is 18.3 Å². The minimum Gasteiger partial charge on any atom is -0.365 e. The van der Waals surface area contributed by atoms with E-state index in [9.17, 15) is 22.0 Å². The molecule has 0 saturated carbocycles. The molecule has 1 saturated heterocycles. The molecule has 154 valence electrons. The molecule has 0 unspecified atom stereocenters. The van der Waals surface area contributed by atoms with E-state index in [2.05, 4.69) is 15.6 Å². The van der Waals surface area contributed by atoms with Crippen LogP contribution in [0.5, 0.6) is 0 Å². The van der Waals surface area contributed by atoms with Crippen LogP contribution in [0.4, 0.5) is 14.5 Å². The van der Waals surface area contributed by atoms with Crippen molar-refractivity contribution in [3.63, 3.8) is 0 Å². The Morgan fingerprint density at radius 1 is 1.34 bits per heavy atom. The number of sulfone groups is 1. The number of hydrogen-bond donors (Lipinski definition) is 3. The number of nitrogens with zero attached hydrogens (tertiary/aromatic N) is 1. The highest BCUT2D eigenvalue weighted by Gasteiger charge is 2.46. The van der Waals surface area contributed by atoms with Gasteiger partial charge in [-0.1, -0.05) is 11.6 Å². The van der Waals surface area contributed by atoms with Gasteiger partial charge < -0.3 is 10.6 Å². The maximum Gasteiger partial charge on any atom is 0.274 e. The summed E-state index contributed by atoms with van der Waals surface area (Å²) in [4.78, 5) is 15.9. The second kappa shape index (κ2) is 7.34. The van der Waals surface area contributed by atoms with Gasteiger partial charge in [0.05, 0.1) is 23.0 Å². The summed E-state index contributed by atoms with van der Waals surface area (Å²) in [5.74, 6) is -2.87. The van der Waals surface area contributed by atoms with Crippen LogP contribution in [0.15, 0.2) is 30.5 Å². The number of benzene rings is 1. The molecule has 1 aliphatic heterocycles. The van der Waals surface area contributed by atoms with Gasteiger partial charge in [0.25, 0.3) is 5.91 Å². The van der Waals surface area contributed by atoms with Crippen LogP contribution < -0.4 is 10.6 Å². The van der Waals surface area contributed by atoms with E-state index < -0.39 is 43.9 Å². The molecule has 1 atom stereocenters. The van der Waals surface area contributed by atoms with Crippen LogP contribution in [-0.2, 0) is 9.84 Å². The van der Waals surface area contributed by atoms with Crippen molar-refractivity contribution in [2.75, 3.05) is 11.1 Å². The molecular weight excluding hydrogens is 426 g/mol. The van der Waals surface area contributed by atoms with E-state index in [1.54, 1.807) is 0 Å². The van der Waals surface area contributed by atoms with Crippen molar-refractivity contribution in [2.24, 2.45) is 0 Å². The second-order valence-electron chi connectivity index (χ2n) is 7.04. The smallest absolute Gasteiger partial charge is 0.274 e. The molecule has 1 fully saturated rings. The number of halogens is 3. The van der Waals surface area contributed by atoms with Crippen LogP contribution in [0, 0.1) is 17.0 Å². The lowest BCUT2D eigenvalue weighted by Crippen LogP contribution is -2.56. The topological polar surface area (TPSA) is 112 Å².